The molecule has 2 fully saturated rings. The van der Waals surface area contributed by atoms with Crippen molar-refractivity contribution in [2.75, 3.05) is 0 Å². The number of fused-ring (bicyclic) bond motifs is 2. The Hall–Kier alpha value is -0.0800. The minimum absolute atomic E-state index is 0.477. The molecule has 2 heteroatoms. The third-order valence-corrected chi connectivity index (χ3v) is 4.17. The van der Waals surface area contributed by atoms with E-state index in [0.29, 0.717) is 6.04 Å². The van der Waals surface area contributed by atoms with Gasteiger partial charge in [-0.25, -0.2) is 0 Å². The van der Waals surface area contributed by atoms with Gasteiger partial charge in [-0.2, -0.15) is 0 Å². The molecule has 2 saturated heterocycles. The Morgan fingerprint density at radius 3 is 2.36 bits per heavy atom. The van der Waals surface area contributed by atoms with Crippen LogP contribution in [0.3, 0.4) is 0 Å². The van der Waals surface area contributed by atoms with E-state index in [2.05, 4.69) is 18.7 Å². The first-order valence-corrected chi connectivity index (χ1v) is 6.25. The summed E-state index contributed by atoms with van der Waals surface area (Å²) in [4.78, 5) is 2.77. The van der Waals surface area contributed by atoms with Crippen LogP contribution in [-0.2, 0) is 0 Å². The van der Waals surface area contributed by atoms with Crippen LogP contribution in [0.4, 0.5) is 0 Å². The van der Waals surface area contributed by atoms with Crippen LogP contribution in [0.25, 0.3) is 0 Å². The van der Waals surface area contributed by atoms with Gasteiger partial charge in [0.05, 0.1) is 0 Å². The SMILES string of the molecule is CCC(C)N1C2CCCC1CC(N)C2. The molecule has 0 radical (unpaired) electrons. The van der Waals surface area contributed by atoms with E-state index in [1.165, 1.54) is 38.5 Å². The molecule has 2 bridgehead atoms. The van der Waals surface area contributed by atoms with E-state index in [4.69, 9.17) is 5.73 Å². The summed E-state index contributed by atoms with van der Waals surface area (Å²) in [6.45, 7) is 4.68. The van der Waals surface area contributed by atoms with E-state index in [-0.39, 0.29) is 0 Å². The van der Waals surface area contributed by atoms with Gasteiger partial charge in [0.25, 0.3) is 0 Å². The van der Waals surface area contributed by atoms with Crippen LogP contribution in [-0.4, -0.2) is 29.1 Å². The zero-order valence-electron chi connectivity index (χ0n) is 9.58. The Labute approximate surface area is 87.8 Å². The number of hydrogen-bond acceptors (Lipinski definition) is 2. The summed E-state index contributed by atoms with van der Waals surface area (Å²) in [5.74, 6) is 0. The van der Waals surface area contributed by atoms with Gasteiger partial charge < -0.3 is 5.73 Å². The normalized spacial score (nSPS) is 40.9. The predicted octanol–water partition coefficient (Wildman–Crippen LogP) is 2.13. The summed E-state index contributed by atoms with van der Waals surface area (Å²) >= 11 is 0. The molecule has 2 N–H and O–H groups in total. The summed E-state index contributed by atoms with van der Waals surface area (Å²) < 4.78 is 0. The molecule has 14 heavy (non-hydrogen) atoms. The van der Waals surface area contributed by atoms with Gasteiger partial charge >= 0.3 is 0 Å². The average Bonchev–Trinajstić information content (AvgIpc) is 2.15. The van der Waals surface area contributed by atoms with Crippen molar-refractivity contribution in [1.82, 2.24) is 4.90 Å². The maximum Gasteiger partial charge on any atom is 0.0116 e. The van der Waals surface area contributed by atoms with Gasteiger partial charge in [-0.05, 0) is 39.0 Å². The lowest BCUT2D eigenvalue weighted by Gasteiger charge is -2.51. The summed E-state index contributed by atoms with van der Waals surface area (Å²) in [7, 11) is 0. The second kappa shape index (κ2) is 4.19. The first-order chi connectivity index (χ1) is 6.72. The van der Waals surface area contributed by atoms with Crippen LogP contribution in [0.15, 0.2) is 0 Å². The molecule has 2 aliphatic heterocycles. The lowest BCUT2D eigenvalue weighted by Crippen LogP contribution is -2.58. The fourth-order valence-electron chi connectivity index (χ4n) is 3.39. The molecule has 2 rings (SSSR count). The maximum atomic E-state index is 6.10. The van der Waals surface area contributed by atoms with Crippen molar-refractivity contribution in [1.29, 1.82) is 0 Å². The molecule has 0 aromatic heterocycles. The molecule has 3 atom stereocenters. The highest BCUT2D eigenvalue weighted by Gasteiger charge is 2.38. The molecule has 2 heterocycles. The Balaban J connectivity index is 2.08. The lowest BCUT2D eigenvalue weighted by atomic mass is 9.81. The Kier molecular flexibility index (Phi) is 3.13. The first-order valence-electron chi connectivity index (χ1n) is 6.25. The zero-order valence-corrected chi connectivity index (χ0v) is 9.58. The van der Waals surface area contributed by atoms with Crippen LogP contribution < -0.4 is 5.73 Å². The van der Waals surface area contributed by atoms with Crippen molar-refractivity contribution in [3.63, 3.8) is 0 Å². The third kappa shape index (κ3) is 1.82. The smallest absolute Gasteiger partial charge is 0.0116 e. The fraction of sp³-hybridized carbons (Fsp3) is 1.00. The van der Waals surface area contributed by atoms with Crippen LogP contribution in [0.1, 0.15) is 52.4 Å². The number of rotatable bonds is 2. The molecule has 0 aromatic carbocycles. The first kappa shape index (κ1) is 10.4. The van der Waals surface area contributed by atoms with Gasteiger partial charge in [-0.15, -0.1) is 0 Å². The van der Waals surface area contributed by atoms with E-state index >= 15 is 0 Å². The second-order valence-corrected chi connectivity index (χ2v) is 5.17. The van der Waals surface area contributed by atoms with Crippen molar-refractivity contribution >= 4 is 0 Å². The monoisotopic (exact) mass is 196 g/mol. The van der Waals surface area contributed by atoms with Crippen molar-refractivity contribution in [2.45, 2.75) is 76.5 Å². The Morgan fingerprint density at radius 1 is 1.29 bits per heavy atom. The molecule has 0 aromatic rings. The summed E-state index contributed by atoms with van der Waals surface area (Å²) in [5.41, 5.74) is 6.10. The molecule has 0 spiro atoms. The van der Waals surface area contributed by atoms with E-state index < -0.39 is 0 Å². The van der Waals surface area contributed by atoms with E-state index in [1.807, 2.05) is 0 Å². The zero-order chi connectivity index (χ0) is 10.1. The summed E-state index contributed by atoms with van der Waals surface area (Å²) in [6, 6.07) is 2.84. The Morgan fingerprint density at radius 2 is 1.86 bits per heavy atom. The van der Waals surface area contributed by atoms with E-state index in [9.17, 15) is 0 Å². The molecule has 2 aliphatic rings. The Bertz CT molecular complexity index is 179. The molecule has 0 aliphatic carbocycles. The van der Waals surface area contributed by atoms with Crippen LogP contribution >= 0.6 is 0 Å². The number of piperidine rings is 2. The van der Waals surface area contributed by atoms with E-state index in [0.717, 1.165) is 18.1 Å². The lowest BCUT2D eigenvalue weighted by molar-refractivity contribution is -0.000647. The summed E-state index contributed by atoms with van der Waals surface area (Å²) in [6.07, 6.45) is 7.95. The minimum Gasteiger partial charge on any atom is -0.328 e. The number of hydrogen-bond donors (Lipinski definition) is 1. The quantitative estimate of drug-likeness (QED) is 0.733. The van der Waals surface area contributed by atoms with Gasteiger partial charge in [-0.3, -0.25) is 4.90 Å². The van der Waals surface area contributed by atoms with Crippen molar-refractivity contribution in [3.05, 3.63) is 0 Å². The van der Waals surface area contributed by atoms with Gasteiger partial charge in [0, 0.05) is 24.2 Å². The highest BCUT2D eigenvalue weighted by Crippen LogP contribution is 2.35. The van der Waals surface area contributed by atoms with Crippen LogP contribution in [0.5, 0.6) is 0 Å². The molecular formula is C12H24N2. The molecule has 3 unspecified atom stereocenters. The molecule has 82 valence electrons. The van der Waals surface area contributed by atoms with Crippen molar-refractivity contribution in [3.8, 4) is 0 Å². The second-order valence-electron chi connectivity index (χ2n) is 5.17. The molecule has 0 saturated carbocycles. The molecular weight excluding hydrogens is 172 g/mol. The van der Waals surface area contributed by atoms with Gasteiger partial charge in [-0.1, -0.05) is 13.3 Å². The minimum atomic E-state index is 0.477. The average molecular weight is 196 g/mol. The topological polar surface area (TPSA) is 29.3 Å². The molecule has 2 nitrogen and oxygen atoms in total. The van der Waals surface area contributed by atoms with Crippen LogP contribution in [0, 0.1) is 0 Å². The number of nitrogens with zero attached hydrogens (tertiary/aromatic N) is 1. The molecule has 0 amide bonds. The van der Waals surface area contributed by atoms with Crippen LogP contribution in [0.2, 0.25) is 0 Å². The van der Waals surface area contributed by atoms with Gasteiger partial charge in [0.15, 0.2) is 0 Å². The van der Waals surface area contributed by atoms with E-state index in [1.54, 1.807) is 0 Å². The third-order valence-electron chi connectivity index (χ3n) is 4.17. The van der Waals surface area contributed by atoms with Crippen molar-refractivity contribution < 1.29 is 0 Å². The van der Waals surface area contributed by atoms with Gasteiger partial charge in [0.2, 0.25) is 0 Å². The number of nitrogens with two attached hydrogens (primary N) is 1. The maximum absolute atomic E-state index is 6.10. The summed E-state index contributed by atoms with van der Waals surface area (Å²) in [5, 5.41) is 0. The predicted molar refractivity (Wildman–Crippen MR) is 60.2 cm³/mol. The van der Waals surface area contributed by atoms with Crippen molar-refractivity contribution in [2.24, 2.45) is 5.73 Å². The van der Waals surface area contributed by atoms with Gasteiger partial charge in [0.1, 0.15) is 0 Å². The standard InChI is InChI=1S/C12H24N2/c1-3-9(2)14-11-5-4-6-12(14)8-10(13)7-11/h9-12H,3-8,13H2,1-2H3. The fourth-order valence-corrected chi connectivity index (χ4v) is 3.39. The highest BCUT2D eigenvalue weighted by molar-refractivity contribution is 4.95. The highest BCUT2D eigenvalue weighted by atomic mass is 15.2. The largest absolute Gasteiger partial charge is 0.328 e.